The lowest BCUT2D eigenvalue weighted by molar-refractivity contribution is -0.135. The summed E-state index contributed by atoms with van der Waals surface area (Å²) < 4.78 is 0. The molecule has 1 fully saturated rings. The summed E-state index contributed by atoms with van der Waals surface area (Å²) in [5, 5.41) is 11.8. The van der Waals surface area contributed by atoms with Crippen molar-refractivity contribution < 1.29 is 9.90 Å². The first-order chi connectivity index (χ1) is 7.96. The Balaban J connectivity index is 2.36. The van der Waals surface area contributed by atoms with Gasteiger partial charge in [-0.3, -0.25) is 4.79 Å². The highest BCUT2D eigenvalue weighted by Gasteiger charge is 2.42. The van der Waals surface area contributed by atoms with Gasteiger partial charge in [0.25, 0.3) is 0 Å². The van der Waals surface area contributed by atoms with E-state index < -0.39 is 0 Å². The highest BCUT2D eigenvalue weighted by atomic mass is 16.2. The lowest BCUT2D eigenvalue weighted by Gasteiger charge is -2.40. The fourth-order valence-electron chi connectivity index (χ4n) is 2.28. The second-order valence-electron chi connectivity index (χ2n) is 6.01. The number of carbonyl (C=O) groups is 1. The fourth-order valence-corrected chi connectivity index (χ4v) is 2.28. The van der Waals surface area contributed by atoms with Gasteiger partial charge in [0.1, 0.15) is 0 Å². The highest BCUT2D eigenvalue weighted by Crippen LogP contribution is 2.40. The molecule has 0 aromatic carbocycles. The van der Waals surface area contributed by atoms with Gasteiger partial charge in [0.2, 0.25) is 5.91 Å². The van der Waals surface area contributed by atoms with Crippen molar-refractivity contribution in [3.8, 4) is 0 Å². The van der Waals surface area contributed by atoms with Gasteiger partial charge >= 0.3 is 0 Å². The molecule has 0 atom stereocenters. The molecule has 1 aliphatic carbocycles. The van der Waals surface area contributed by atoms with Gasteiger partial charge in [0, 0.05) is 19.7 Å². The molecule has 0 unspecified atom stereocenters. The third-order valence-corrected chi connectivity index (χ3v) is 3.92. The standard InChI is InChI=1S/C13H26N2O2/c1-12(2,5-4-8-16)10-15-11(17)13(9-14)6-3-7-13/h16H,3-10,14H2,1-2H3,(H,15,17). The molecular weight excluding hydrogens is 216 g/mol. The van der Waals surface area contributed by atoms with Gasteiger partial charge in [-0.15, -0.1) is 0 Å². The van der Waals surface area contributed by atoms with Crippen LogP contribution in [0.5, 0.6) is 0 Å². The summed E-state index contributed by atoms with van der Waals surface area (Å²) in [5.74, 6) is 0.114. The molecule has 0 heterocycles. The van der Waals surface area contributed by atoms with Crippen molar-refractivity contribution >= 4 is 5.91 Å². The second-order valence-corrected chi connectivity index (χ2v) is 6.01. The van der Waals surface area contributed by atoms with Crippen LogP contribution >= 0.6 is 0 Å². The van der Waals surface area contributed by atoms with Gasteiger partial charge in [0.15, 0.2) is 0 Å². The Morgan fingerprint density at radius 1 is 1.47 bits per heavy atom. The van der Waals surface area contributed by atoms with Crippen molar-refractivity contribution in [1.29, 1.82) is 0 Å². The first kappa shape index (κ1) is 14.5. The molecule has 4 heteroatoms. The number of hydrogen-bond acceptors (Lipinski definition) is 3. The largest absolute Gasteiger partial charge is 0.396 e. The van der Waals surface area contributed by atoms with E-state index in [1.807, 2.05) is 0 Å². The molecule has 0 radical (unpaired) electrons. The molecule has 17 heavy (non-hydrogen) atoms. The zero-order valence-corrected chi connectivity index (χ0v) is 11.1. The quantitative estimate of drug-likeness (QED) is 0.624. The maximum atomic E-state index is 12.1. The van der Waals surface area contributed by atoms with Crippen molar-refractivity contribution in [2.24, 2.45) is 16.6 Å². The van der Waals surface area contributed by atoms with Crippen LogP contribution in [0.2, 0.25) is 0 Å². The lowest BCUT2D eigenvalue weighted by atomic mass is 9.68. The number of amides is 1. The normalized spacial score (nSPS) is 18.6. The van der Waals surface area contributed by atoms with Crippen LogP contribution in [0.4, 0.5) is 0 Å². The molecule has 4 nitrogen and oxygen atoms in total. The van der Waals surface area contributed by atoms with Crippen LogP contribution in [-0.2, 0) is 4.79 Å². The number of hydrogen-bond donors (Lipinski definition) is 3. The average molecular weight is 242 g/mol. The summed E-state index contributed by atoms with van der Waals surface area (Å²) >= 11 is 0. The maximum absolute atomic E-state index is 12.1. The first-order valence-corrected chi connectivity index (χ1v) is 6.55. The predicted molar refractivity (Wildman–Crippen MR) is 68.4 cm³/mol. The van der Waals surface area contributed by atoms with Crippen LogP contribution in [0.3, 0.4) is 0 Å². The Kier molecular flexibility index (Phi) is 4.95. The third kappa shape index (κ3) is 3.68. The molecule has 100 valence electrons. The van der Waals surface area contributed by atoms with E-state index in [0.717, 1.165) is 32.1 Å². The summed E-state index contributed by atoms with van der Waals surface area (Å²) in [6.07, 6.45) is 4.65. The van der Waals surface area contributed by atoms with Crippen LogP contribution < -0.4 is 11.1 Å². The molecule has 4 N–H and O–H groups in total. The van der Waals surface area contributed by atoms with Gasteiger partial charge in [-0.25, -0.2) is 0 Å². The van der Waals surface area contributed by atoms with E-state index in [1.54, 1.807) is 0 Å². The highest BCUT2D eigenvalue weighted by molar-refractivity contribution is 5.83. The minimum Gasteiger partial charge on any atom is -0.396 e. The van der Waals surface area contributed by atoms with Gasteiger partial charge in [0.05, 0.1) is 5.41 Å². The number of rotatable bonds is 7. The first-order valence-electron chi connectivity index (χ1n) is 6.55. The van der Waals surface area contributed by atoms with Crippen molar-refractivity contribution in [2.75, 3.05) is 19.7 Å². The summed E-state index contributed by atoms with van der Waals surface area (Å²) in [4.78, 5) is 12.1. The summed E-state index contributed by atoms with van der Waals surface area (Å²) in [6, 6.07) is 0. The molecule has 0 saturated heterocycles. The van der Waals surface area contributed by atoms with Crippen LogP contribution in [0, 0.1) is 10.8 Å². The van der Waals surface area contributed by atoms with E-state index in [-0.39, 0.29) is 23.3 Å². The Hall–Kier alpha value is -0.610. The Morgan fingerprint density at radius 3 is 2.53 bits per heavy atom. The zero-order chi connectivity index (χ0) is 12.9. The average Bonchev–Trinajstić information content (AvgIpc) is 2.23. The van der Waals surface area contributed by atoms with Gasteiger partial charge in [-0.2, -0.15) is 0 Å². The zero-order valence-electron chi connectivity index (χ0n) is 11.1. The fraction of sp³-hybridized carbons (Fsp3) is 0.923. The van der Waals surface area contributed by atoms with Gasteiger partial charge in [-0.1, -0.05) is 20.3 Å². The molecule has 1 saturated carbocycles. The monoisotopic (exact) mass is 242 g/mol. The Morgan fingerprint density at radius 2 is 2.12 bits per heavy atom. The SMILES string of the molecule is CC(C)(CCCO)CNC(=O)C1(CN)CCC1. The molecule has 0 spiro atoms. The molecule has 0 bridgehead atoms. The number of carbonyl (C=O) groups excluding carboxylic acids is 1. The van der Waals surface area contributed by atoms with E-state index in [1.165, 1.54) is 0 Å². The number of aliphatic hydroxyl groups is 1. The summed E-state index contributed by atoms with van der Waals surface area (Å²) in [6.45, 7) is 5.55. The molecular formula is C13H26N2O2. The molecule has 1 rings (SSSR count). The van der Waals surface area contributed by atoms with Crippen LogP contribution in [0.25, 0.3) is 0 Å². The van der Waals surface area contributed by atoms with Crippen molar-refractivity contribution in [2.45, 2.75) is 46.0 Å². The van der Waals surface area contributed by atoms with Gasteiger partial charge < -0.3 is 16.2 Å². The number of aliphatic hydroxyl groups excluding tert-OH is 1. The van der Waals surface area contributed by atoms with E-state index in [4.69, 9.17) is 10.8 Å². The van der Waals surface area contributed by atoms with Gasteiger partial charge in [-0.05, 0) is 31.1 Å². The lowest BCUT2D eigenvalue weighted by Crippen LogP contribution is -2.51. The molecule has 1 aliphatic rings. The third-order valence-electron chi connectivity index (χ3n) is 3.92. The Bertz CT molecular complexity index is 255. The second kappa shape index (κ2) is 5.83. The minimum atomic E-state index is -0.285. The summed E-state index contributed by atoms with van der Waals surface area (Å²) in [5.41, 5.74) is 5.45. The van der Waals surface area contributed by atoms with E-state index in [2.05, 4.69) is 19.2 Å². The molecule has 0 aromatic heterocycles. The number of nitrogens with one attached hydrogen (secondary N) is 1. The van der Waals surface area contributed by atoms with E-state index in [9.17, 15) is 4.79 Å². The van der Waals surface area contributed by atoms with Crippen LogP contribution in [0.15, 0.2) is 0 Å². The maximum Gasteiger partial charge on any atom is 0.227 e. The summed E-state index contributed by atoms with van der Waals surface area (Å²) in [7, 11) is 0. The van der Waals surface area contributed by atoms with E-state index in [0.29, 0.717) is 13.1 Å². The van der Waals surface area contributed by atoms with Crippen molar-refractivity contribution in [1.82, 2.24) is 5.32 Å². The van der Waals surface area contributed by atoms with E-state index >= 15 is 0 Å². The number of nitrogens with two attached hydrogens (primary N) is 1. The Labute approximate surface area is 104 Å². The topological polar surface area (TPSA) is 75.3 Å². The molecule has 0 aliphatic heterocycles. The van der Waals surface area contributed by atoms with Crippen LogP contribution in [-0.4, -0.2) is 30.7 Å². The van der Waals surface area contributed by atoms with Crippen LogP contribution in [0.1, 0.15) is 46.0 Å². The van der Waals surface area contributed by atoms with Crippen molar-refractivity contribution in [3.63, 3.8) is 0 Å². The molecule has 0 aromatic rings. The smallest absolute Gasteiger partial charge is 0.227 e. The minimum absolute atomic E-state index is 0.0396. The predicted octanol–water partition coefficient (Wildman–Crippen LogP) is 1.03. The molecule has 1 amide bonds. The van der Waals surface area contributed by atoms with Crippen molar-refractivity contribution in [3.05, 3.63) is 0 Å².